The summed E-state index contributed by atoms with van der Waals surface area (Å²) in [4.78, 5) is 5.09. The van der Waals surface area contributed by atoms with Crippen LogP contribution < -0.4 is 0 Å². The van der Waals surface area contributed by atoms with E-state index in [0.717, 1.165) is 29.9 Å². The van der Waals surface area contributed by atoms with E-state index in [1.54, 1.807) is 0 Å². The predicted molar refractivity (Wildman–Crippen MR) is 104 cm³/mol. The molecule has 0 unspecified atom stereocenters. The second kappa shape index (κ2) is 5.75. The van der Waals surface area contributed by atoms with E-state index in [4.69, 9.17) is 4.98 Å². The van der Waals surface area contributed by atoms with Gasteiger partial charge in [0.2, 0.25) is 0 Å². The number of pyridine rings is 1. The molecule has 2 aromatic heterocycles. The molecule has 2 heterocycles. The molecule has 0 N–H and O–H groups in total. The zero-order valence-electron chi connectivity index (χ0n) is 13.9. The number of hydrogen-bond donors (Lipinski definition) is 0. The van der Waals surface area contributed by atoms with Gasteiger partial charge >= 0.3 is 0 Å². The van der Waals surface area contributed by atoms with Crippen LogP contribution in [0.5, 0.6) is 0 Å². The largest absolute Gasteiger partial charge is 0.298 e. The predicted octanol–water partition coefficient (Wildman–Crippen LogP) is 5.89. The molecule has 0 spiro atoms. The minimum Gasteiger partial charge on any atom is -0.298 e. The highest BCUT2D eigenvalue weighted by molar-refractivity contribution is 6.01. The van der Waals surface area contributed by atoms with Crippen molar-refractivity contribution in [2.75, 3.05) is 0 Å². The second-order valence-corrected chi connectivity index (χ2v) is 6.43. The van der Waals surface area contributed by atoms with Crippen LogP contribution in [0.1, 0.15) is 18.5 Å². The maximum Gasteiger partial charge on any atom is 0.145 e. The monoisotopic (exact) mass is 322 g/mol. The van der Waals surface area contributed by atoms with Gasteiger partial charge in [0.15, 0.2) is 0 Å². The molecule has 0 amide bonds. The SMILES string of the molecule is C1=CCCC(c2nc(-c3ccccc3)n3ccc4ccccc4c23)=C1. The van der Waals surface area contributed by atoms with Gasteiger partial charge in [0, 0.05) is 17.1 Å². The molecule has 0 atom stereocenters. The first-order chi connectivity index (χ1) is 12.4. The van der Waals surface area contributed by atoms with Crippen molar-refractivity contribution in [2.45, 2.75) is 12.8 Å². The summed E-state index contributed by atoms with van der Waals surface area (Å²) in [6.45, 7) is 0. The molecule has 2 nitrogen and oxygen atoms in total. The van der Waals surface area contributed by atoms with Gasteiger partial charge in [0.1, 0.15) is 5.82 Å². The number of nitrogens with zero attached hydrogens (tertiary/aromatic N) is 2. The lowest BCUT2D eigenvalue weighted by atomic mass is 10.00. The fraction of sp³-hybridized carbons (Fsp3) is 0.0870. The summed E-state index contributed by atoms with van der Waals surface area (Å²) in [5.74, 6) is 1.01. The van der Waals surface area contributed by atoms with Crippen LogP contribution in [0.4, 0.5) is 0 Å². The van der Waals surface area contributed by atoms with Crippen molar-refractivity contribution in [3.05, 3.63) is 90.8 Å². The van der Waals surface area contributed by atoms with Crippen molar-refractivity contribution in [1.29, 1.82) is 0 Å². The highest BCUT2D eigenvalue weighted by Gasteiger charge is 2.18. The Morgan fingerprint density at radius 1 is 0.880 bits per heavy atom. The molecule has 25 heavy (non-hydrogen) atoms. The van der Waals surface area contributed by atoms with Crippen LogP contribution in [0.3, 0.4) is 0 Å². The molecule has 0 fully saturated rings. The molecule has 2 aromatic carbocycles. The zero-order valence-corrected chi connectivity index (χ0v) is 13.9. The smallest absolute Gasteiger partial charge is 0.145 e. The van der Waals surface area contributed by atoms with Crippen LogP contribution in [-0.2, 0) is 0 Å². The van der Waals surface area contributed by atoms with Gasteiger partial charge < -0.3 is 0 Å². The van der Waals surface area contributed by atoms with Gasteiger partial charge in [0.25, 0.3) is 0 Å². The van der Waals surface area contributed by atoms with E-state index in [-0.39, 0.29) is 0 Å². The van der Waals surface area contributed by atoms with Crippen molar-refractivity contribution in [1.82, 2.24) is 9.38 Å². The third-order valence-corrected chi connectivity index (χ3v) is 4.88. The van der Waals surface area contributed by atoms with E-state index < -0.39 is 0 Å². The molecular weight excluding hydrogens is 304 g/mol. The summed E-state index contributed by atoms with van der Waals surface area (Å²) in [5, 5.41) is 2.51. The van der Waals surface area contributed by atoms with Gasteiger partial charge in [-0.15, -0.1) is 0 Å². The number of aromatic nitrogens is 2. The molecule has 120 valence electrons. The fourth-order valence-corrected chi connectivity index (χ4v) is 3.66. The molecule has 1 aliphatic rings. The Bertz CT molecular complexity index is 1130. The first-order valence-electron chi connectivity index (χ1n) is 8.73. The topological polar surface area (TPSA) is 17.3 Å². The van der Waals surface area contributed by atoms with Crippen LogP contribution in [-0.4, -0.2) is 9.38 Å². The maximum absolute atomic E-state index is 5.09. The van der Waals surface area contributed by atoms with Crippen LogP contribution >= 0.6 is 0 Å². The Labute approximate surface area is 146 Å². The highest BCUT2D eigenvalue weighted by Crippen LogP contribution is 2.34. The molecule has 5 rings (SSSR count). The first kappa shape index (κ1) is 14.2. The number of fused-ring (bicyclic) bond motifs is 3. The third-order valence-electron chi connectivity index (χ3n) is 4.88. The van der Waals surface area contributed by atoms with E-state index in [1.165, 1.54) is 21.9 Å². The minimum atomic E-state index is 1.01. The van der Waals surface area contributed by atoms with Gasteiger partial charge in [0.05, 0.1) is 11.2 Å². The lowest BCUT2D eigenvalue weighted by Crippen LogP contribution is -1.91. The van der Waals surface area contributed by atoms with Crippen LogP contribution in [0.15, 0.2) is 85.1 Å². The molecule has 0 saturated heterocycles. The Balaban J connectivity index is 1.90. The number of benzene rings is 2. The Morgan fingerprint density at radius 2 is 1.72 bits per heavy atom. The van der Waals surface area contributed by atoms with Gasteiger partial charge in [-0.3, -0.25) is 4.40 Å². The Hall–Kier alpha value is -3.13. The molecule has 0 saturated carbocycles. The maximum atomic E-state index is 5.09. The average Bonchev–Trinajstić information content (AvgIpc) is 3.09. The number of rotatable bonds is 2. The van der Waals surface area contributed by atoms with E-state index in [9.17, 15) is 0 Å². The minimum absolute atomic E-state index is 1.01. The Morgan fingerprint density at radius 3 is 2.56 bits per heavy atom. The summed E-state index contributed by atoms with van der Waals surface area (Å²) in [7, 11) is 0. The van der Waals surface area contributed by atoms with Gasteiger partial charge in [-0.05, 0) is 29.9 Å². The van der Waals surface area contributed by atoms with Gasteiger partial charge in [-0.2, -0.15) is 0 Å². The molecule has 1 aliphatic carbocycles. The number of imidazole rings is 1. The molecule has 0 bridgehead atoms. The molecule has 0 radical (unpaired) electrons. The molecular formula is C23H18N2. The molecule has 4 aromatic rings. The number of hydrogen-bond acceptors (Lipinski definition) is 1. The highest BCUT2D eigenvalue weighted by atomic mass is 15.0. The average molecular weight is 322 g/mol. The summed E-state index contributed by atoms with van der Waals surface area (Å²) in [6, 6.07) is 21.2. The van der Waals surface area contributed by atoms with E-state index in [1.807, 2.05) is 6.07 Å². The standard InChI is InChI=1S/C23H18N2/c1-3-10-18(11-4-1)21-22-20-14-8-7-9-17(20)15-16-25(22)23(24-21)19-12-5-2-6-13-19/h1-3,5-10,12-16H,4,11H2. The second-order valence-electron chi connectivity index (χ2n) is 6.43. The molecule has 2 heteroatoms. The van der Waals surface area contributed by atoms with Crippen molar-refractivity contribution in [3.63, 3.8) is 0 Å². The summed E-state index contributed by atoms with van der Waals surface area (Å²) in [6.07, 6.45) is 10.9. The normalized spacial score (nSPS) is 14.2. The fourth-order valence-electron chi connectivity index (χ4n) is 3.66. The lowest BCUT2D eigenvalue weighted by molar-refractivity contribution is 1.05. The van der Waals surface area contributed by atoms with Gasteiger partial charge in [-0.25, -0.2) is 4.98 Å². The Kier molecular flexibility index (Phi) is 3.27. The summed E-state index contributed by atoms with van der Waals surface area (Å²) in [5.41, 5.74) is 4.78. The van der Waals surface area contributed by atoms with Crippen molar-refractivity contribution in [3.8, 4) is 11.4 Å². The lowest BCUT2D eigenvalue weighted by Gasteiger charge is -2.08. The van der Waals surface area contributed by atoms with Crippen LogP contribution in [0.25, 0.3) is 33.3 Å². The zero-order chi connectivity index (χ0) is 16.6. The first-order valence-corrected chi connectivity index (χ1v) is 8.73. The van der Waals surface area contributed by atoms with E-state index in [0.29, 0.717) is 0 Å². The van der Waals surface area contributed by atoms with Crippen LogP contribution in [0.2, 0.25) is 0 Å². The van der Waals surface area contributed by atoms with Gasteiger partial charge in [-0.1, -0.05) is 72.8 Å². The molecule has 0 aliphatic heterocycles. The summed E-state index contributed by atoms with van der Waals surface area (Å²) < 4.78 is 2.24. The van der Waals surface area contributed by atoms with E-state index in [2.05, 4.69) is 83.4 Å². The third kappa shape index (κ3) is 2.30. The van der Waals surface area contributed by atoms with Crippen molar-refractivity contribution in [2.24, 2.45) is 0 Å². The van der Waals surface area contributed by atoms with Crippen molar-refractivity contribution < 1.29 is 0 Å². The van der Waals surface area contributed by atoms with Crippen LogP contribution in [0, 0.1) is 0 Å². The summed E-state index contributed by atoms with van der Waals surface area (Å²) >= 11 is 0. The number of allylic oxidation sites excluding steroid dienone is 4. The van der Waals surface area contributed by atoms with Crippen molar-refractivity contribution >= 4 is 21.9 Å². The quantitative estimate of drug-likeness (QED) is 0.450. The van der Waals surface area contributed by atoms with E-state index >= 15 is 0 Å².